The van der Waals surface area contributed by atoms with Crippen molar-refractivity contribution in [1.29, 1.82) is 0 Å². The van der Waals surface area contributed by atoms with Gasteiger partial charge in [0.1, 0.15) is 0 Å². The molecule has 1 aliphatic heterocycles. The molecule has 0 aromatic carbocycles. The molecular formula is C15H19N5O2S. The summed E-state index contributed by atoms with van der Waals surface area (Å²) in [4.78, 5) is 29.8. The SMILES string of the molecule is CC(=O)Nc1nc(C2CCN(C(=O)c3cnn(C)c3)CC2)cs1. The van der Waals surface area contributed by atoms with E-state index in [0.29, 0.717) is 29.7 Å². The number of hydrogen-bond acceptors (Lipinski definition) is 5. The number of nitrogens with one attached hydrogen (secondary N) is 1. The monoisotopic (exact) mass is 333 g/mol. The number of hydrogen-bond donors (Lipinski definition) is 1. The maximum atomic E-state index is 12.4. The Bertz CT molecular complexity index is 715. The van der Waals surface area contributed by atoms with E-state index in [1.54, 1.807) is 24.1 Å². The number of likely N-dealkylation sites (tertiary alicyclic amines) is 1. The molecule has 0 saturated carbocycles. The van der Waals surface area contributed by atoms with E-state index < -0.39 is 0 Å². The summed E-state index contributed by atoms with van der Waals surface area (Å²) in [5, 5.41) is 9.39. The summed E-state index contributed by atoms with van der Waals surface area (Å²) in [6.45, 7) is 2.90. The zero-order valence-corrected chi connectivity index (χ0v) is 14.0. The first kappa shape index (κ1) is 15.7. The van der Waals surface area contributed by atoms with Crippen LogP contribution >= 0.6 is 11.3 Å². The molecule has 0 bridgehead atoms. The van der Waals surface area contributed by atoms with Gasteiger partial charge in [-0.3, -0.25) is 14.3 Å². The first-order valence-electron chi connectivity index (χ1n) is 7.54. The van der Waals surface area contributed by atoms with Gasteiger partial charge >= 0.3 is 0 Å². The highest BCUT2D eigenvalue weighted by Crippen LogP contribution is 2.30. The molecular weight excluding hydrogens is 314 g/mol. The van der Waals surface area contributed by atoms with Crippen LogP contribution in [0.2, 0.25) is 0 Å². The number of rotatable bonds is 3. The lowest BCUT2D eigenvalue weighted by Crippen LogP contribution is -2.37. The number of anilines is 1. The van der Waals surface area contributed by atoms with Gasteiger partial charge in [0.2, 0.25) is 5.91 Å². The lowest BCUT2D eigenvalue weighted by atomic mass is 9.94. The van der Waals surface area contributed by atoms with Crippen molar-refractivity contribution in [1.82, 2.24) is 19.7 Å². The van der Waals surface area contributed by atoms with E-state index in [1.807, 2.05) is 10.3 Å². The van der Waals surface area contributed by atoms with E-state index in [-0.39, 0.29) is 11.8 Å². The maximum Gasteiger partial charge on any atom is 0.257 e. The van der Waals surface area contributed by atoms with E-state index in [4.69, 9.17) is 0 Å². The summed E-state index contributed by atoms with van der Waals surface area (Å²) < 4.78 is 1.64. The van der Waals surface area contributed by atoms with Crippen molar-refractivity contribution in [2.24, 2.45) is 7.05 Å². The number of nitrogens with zero attached hydrogens (tertiary/aromatic N) is 4. The summed E-state index contributed by atoms with van der Waals surface area (Å²) >= 11 is 1.44. The van der Waals surface area contributed by atoms with Crippen LogP contribution < -0.4 is 5.32 Å². The quantitative estimate of drug-likeness (QED) is 0.929. The van der Waals surface area contributed by atoms with Gasteiger partial charge in [-0.25, -0.2) is 4.98 Å². The highest BCUT2D eigenvalue weighted by atomic mass is 32.1. The molecule has 122 valence electrons. The van der Waals surface area contributed by atoms with Crippen LogP contribution in [0.25, 0.3) is 0 Å². The third-order valence-electron chi connectivity index (χ3n) is 3.96. The van der Waals surface area contributed by atoms with Crippen LogP contribution in [-0.4, -0.2) is 44.6 Å². The highest BCUT2D eigenvalue weighted by Gasteiger charge is 2.26. The Morgan fingerprint density at radius 3 is 2.70 bits per heavy atom. The average Bonchev–Trinajstić information content (AvgIpc) is 3.15. The van der Waals surface area contributed by atoms with E-state index in [2.05, 4.69) is 15.4 Å². The first-order chi connectivity index (χ1) is 11.0. The van der Waals surface area contributed by atoms with E-state index >= 15 is 0 Å². The number of amides is 2. The topological polar surface area (TPSA) is 80.1 Å². The minimum atomic E-state index is -0.109. The predicted octanol–water partition coefficient (Wildman–Crippen LogP) is 1.85. The molecule has 2 amide bonds. The van der Waals surface area contributed by atoms with E-state index in [0.717, 1.165) is 18.5 Å². The fraction of sp³-hybridized carbons (Fsp3) is 0.467. The van der Waals surface area contributed by atoms with Gasteiger partial charge in [-0.05, 0) is 12.8 Å². The molecule has 2 aromatic heterocycles. The predicted molar refractivity (Wildman–Crippen MR) is 87.5 cm³/mol. The van der Waals surface area contributed by atoms with Crippen LogP contribution in [0.3, 0.4) is 0 Å². The Labute approximate surface area is 138 Å². The lowest BCUT2D eigenvalue weighted by Gasteiger charge is -2.31. The smallest absolute Gasteiger partial charge is 0.257 e. The molecule has 23 heavy (non-hydrogen) atoms. The molecule has 1 saturated heterocycles. The minimum absolute atomic E-state index is 0.0359. The molecule has 0 aliphatic carbocycles. The molecule has 0 unspecified atom stereocenters. The standard InChI is InChI=1S/C15H19N5O2S/c1-10(21)17-15-18-13(9-23-15)11-3-5-20(6-4-11)14(22)12-7-16-19(2)8-12/h7-9,11H,3-6H2,1-2H3,(H,17,18,21). The molecule has 0 atom stereocenters. The van der Waals surface area contributed by atoms with Gasteiger partial charge < -0.3 is 10.2 Å². The molecule has 3 heterocycles. The summed E-state index contributed by atoms with van der Waals surface area (Å²) in [5.74, 6) is 0.267. The van der Waals surface area contributed by atoms with Crippen molar-refractivity contribution in [3.05, 3.63) is 29.0 Å². The molecule has 1 fully saturated rings. The van der Waals surface area contributed by atoms with Gasteiger partial charge in [0.05, 0.1) is 17.5 Å². The molecule has 7 nitrogen and oxygen atoms in total. The first-order valence-corrected chi connectivity index (χ1v) is 8.42. The molecule has 0 spiro atoms. The second-order valence-corrected chi connectivity index (χ2v) is 6.59. The molecule has 1 N–H and O–H groups in total. The van der Waals surface area contributed by atoms with Crippen molar-refractivity contribution < 1.29 is 9.59 Å². The van der Waals surface area contributed by atoms with Crippen LogP contribution in [0, 0.1) is 0 Å². The summed E-state index contributed by atoms with van der Waals surface area (Å²) in [6, 6.07) is 0. The fourth-order valence-corrected chi connectivity index (χ4v) is 3.61. The number of carbonyl (C=O) groups excluding carboxylic acids is 2. The number of carbonyl (C=O) groups is 2. The van der Waals surface area contributed by atoms with Crippen molar-refractivity contribution in [3.63, 3.8) is 0 Å². The number of aryl methyl sites for hydroxylation is 1. The summed E-state index contributed by atoms with van der Waals surface area (Å²) in [7, 11) is 1.80. The Morgan fingerprint density at radius 1 is 1.35 bits per heavy atom. The third-order valence-corrected chi connectivity index (χ3v) is 4.73. The Morgan fingerprint density at radius 2 is 2.09 bits per heavy atom. The van der Waals surface area contributed by atoms with Crippen LogP contribution in [0.1, 0.15) is 41.7 Å². The largest absolute Gasteiger partial charge is 0.339 e. The zero-order chi connectivity index (χ0) is 16.4. The second-order valence-electron chi connectivity index (χ2n) is 5.73. The van der Waals surface area contributed by atoms with Gasteiger partial charge in [0.15, 0.2) is 5.13 Å². The zero-order valence-electron chi connectivity index (χ0n) is 13.2. The molecule has 8 heteroatoms. The fourth-order valence-electron chi connectivity index (χ4n) is 2.77. The average molecular weight is 333 g/mol. The Hall–Kier alpha value is -2.22. The maximum absolute atomic E-state index is 12.4. The van der Waals surface area contributed by atoms with Crippen LogP contribution in [0.4, 0.5) is 5.13 Å². The van der Waals surface area contributed by atoms with Gasteiger partial charge in [-0.1, -0.05) is 0 Å². The number of thiazole rings is 1. The van der Waals surface area contributed by atoms with Gasteiger partial charge in [-0.2, -0.15) is 5.10 Å². The van der Waals surface area contributed by atoms with Crippen molar-refractivity contribution >= 4 is 28.3 Å². The van der Waals surface area contributed by atoms with Crippen molar-refractivity contribution in [2.45, 2.75) is 25.7 Å². The second kappa shape index (κ2) is 6.49. The Kier molecular flexibility index (Phi) is 4.42. The minimum Gasteiger partial charge on any atom is -0.339 e. The van der Waals surface area contributed by atoms with Crippen molar-refractivity contribution in [3.8, 4) is 0 Å². The Balaban J connectivity index is 1.59. The van der Waals surface area contributed by atoms with Gasteiger partial charge in [-0.15, -0.1) is 11.3 Å². The highest BCUT2D eigenvalue weighted by molar-refractivity contribution is 7.13. The normalized spacial score (nSPS) is 15.7. The lowest BCUT2D eigenvalue weighted by molar-refractivity contribution is -0.114. The van der Waals surface area contributed by atoms with Crippen LogP contribution in [0.5, 0.6) is 0 Å². The molecule has 2 aromatic rings. The summed E-state index contributed by atoms with van der Waals surface area (Å²) in [5.41, 5.74) is 1.64. The van der Waals surface area contributed by atoms with E-state index in [9.17, 15) is 9.59 Å². The molecule has 1 aliphatic rings. The molecule has 3 rings (SSSR count). The van der Waals surface area contributed by atoms with Crippen LogP contribution in [0.15, 0.2) is 17.8 Å². The summed E-state index contributed by atoms with van der Waals surface area (Å²) in [6.07, 6.45) is 5.12. The van der Waals surface area contributed by atoms with Crippen molar-refractivity contribution in [2.75, 3.05) is 18.4 Å². The van der Waals surface area contributed by atoms with Crippen LogP contribution in [-0.2, 0) is 11.8 Å². The van der Waals surface area contributed by atoms with Gasteiger partial charge in [0.25, 0.3) is 5.91 Å². The number of aromatic nitrogens is 3. The van der Waals surface area contributed by atoms with E-state index in [1.165, 1.54) is 18.3 Å². The molecule has 0 radical (unpaired) electrons. The third kappa shape index (κ3) is 3.58. The van der Waals surface area contributed by atoms with Gasteiger partial charge in [0, 0.05) is 44.6 Å². The number of piperidine rings is 1.